The quantitative estimate of drug-likeness (QED) is 0.516. The second kappa shape index (κ2) is 5.57. The molecule has 0 aliphatic carbocycles. The number of phenols is 3. The standard InChI is InChI=1S/C14H11N3O4.BrH/c15-14(21)10-6-8-9(2-1-3-16-8)17(10)7-4-11(18)13(20)12(19)5-7;/h1-6,18-20H,(H2,15,21);1H. The molecular formula is C14H12BrN3O4. The maximum absolute atomic E-state index is 11.6. The van der Waals surface area contributed by atoms with E-state index < -0.39 is 23.2 Å². The Kier molecular flexibility index (Phi) is 3.96. The van der Waals surface area contributed by atoms with Crippen molar-refractivity contribution in [2.75, 3.05) is 0 Å². The van der Waals surface area contributed by atoms with E-state index in [0.717, 1.165) is 0 Å². The summed E-state index contributed by atoms with van der Waals surface area (Å²) in [6.45, 7) is 0. The topological polar surface area (TPSA) is 122 Å². The number of phenolic OH excluding ortho intramolecular Hbond substituents is 3. The number of aromatic hydroxyl groups is 3. The van der Waals surface area contributed by atoms with Crippen molar-refractivity contribution in [1.82, 2.24) is 9.55 Å². The molecule has 1 amide bonds. The van der Waals surface area contributed by atoms with Crippen molar-refractivity contribution in [2.45, 2.75) is 0 Å². The summed E-state index contributed by atoms with van der Waals surface area (Å²) in [5, 5.41) is 28.7. The number of primary amides is 1. The van der Waals surface area contributed by atoms with Crippen LogP contribution >= 0.6 is 17.0 Å². The van der Waals surface area contributed by atoms with Crippen LogP contribution in [-0.2, 0) is 0 Å². The number of benzene rings is 1. The van der Waals surface area contributed by atoms with E-state index in [-0.39, 0.29) is 28.4 Å². The number of nitrogens with two attached hydrogens (primary N) is 1. The van der Waals surface area contributed by atoms with Crippen LogP contribution in [0.5, 0.6) is 17.2 Å². The van der Waals surface area contributed by atoms with Gasteiger partial charge in [0.1, 0.15) is 5.69 Å². The molecule has 2 aromatic heterocycles. The van der Waals surface area contributed by atoms with Crippen LogP contribution < -0.4 is 5.73 Å². The van der Waals surface area contributed by atoms with Gasteiger partial charge in [-0.15, -0.1) is 17.0 Å². The average Bonchev–Trinajstić information content (AvgIpc) is 2.84. The first-order valence-electron chi connectivity index (χ1n) is 6.00. The average molecular weight is 366 g/mol. The number of carbonyl (C=O) groups is 1. The largest absolute Gasteiger partial charge is 0.504 e. The van der Waals surface area contributed by atoms with Crippen LogP contribution in [0.25, 0.3) is 16.7 Å². The third kappa shape index (κ3) is 2.33. The lowest BCUT2D eigenvalue weighted by atomic mass is 10.2. The fourth-order valence-corrected chi connectivity index (χ4v) is 2.21. The van der Waals surface area contributed by atoms with E-state index in [1.54, 1.807) is 18.3 Å². The fraction of sp³-hybridized carbons (Fsp3) is 0. The van der Waals surface area contributed by atoms with E-state index in [0.29, 0.717) is 11.0 Å². The van der Waals surface area contributed by atoms with Crippen molar-refractivity contribution in [3.63, 3.8) is 0 Å². The van der Waals surface area contributed by atoms with Crippen LogP contribution in [0.2, 0.25) is 0 Å². The summed E-state index contributed by atoms with van der Waals surface area (Å²) >= 11 is 0. The molecule has 0 spiro atoms. The maximum atomic E-state index is 11.6. The second-order valence-corrected chi connectivity index (χ2v) is 4.47. The Labute approximate surface area is 135 Å². The van der Waals surface area contributed by atoms with E-state index in [1.165, 1.54) is 22.8 Å². The van der Waals surface area contributed by atoms with Gasteiger partial charge in [0.05, 0.1) is 16.7 Å². The molecule has 0 aliphatic heterocycles. The van der Waals surface area contributed by atoms with Crippen LogP contribution in [0.4, 0.5) is 0 Å². The van der Waals surface area contributed by atoms with E-state index in [1.807, 2.05) is 0 Å². The fourth-order valence-electron chi connectivity index (χ4n) is 2.21. The highest BCUT2D eigenvalue weighted by molar-refractivity contribution is 8.93. The van der Waals surface area contributed by atoms with Crippen LogP contribution in [0.3, 0.4) is 0 Å². The SMILES string of the molecule is Br.NC(=O)c1cc2ncccc2n1-c1cc(O)c(O)c(O)c1. The molecule has 3 rings (SSSR count). The first kappa shape index (κ1) is 15.6. The van der Waals surface area contributed by atoms with Crippen LogP contribution in [0.1, 0.15) is 10.5 Å². The van der Waals surface area contributed by atoms with E-state index in [2.05, 4.69) is 4.98 Å². The number of pyridine rings is 1. The van der Waals surface area contributed by atoms with Gasteiger partial charge < -0.3 is 25.6 Å². The summed E-state index contributed by atoms with van der Waals surface area (Å²) < 4.78 is 1.45. The third-order valence-electron chi connectivity index (χ3n) is 3.14. The van der Waals surface area contributed by atoms with Gasteiger partial charge in [0.2, 0.25) is 0 Å². The van der Waals surface area contributed by atoms with E-state index in [4.69, 9.17) is 5.73 Å². The lowest BCUT2D eigenvalue weighted by Crippen LogP contribution is -2.15. The highest BCUT2D eigenvalue weighted by Gasteiger charge is 2.17. The highest BCUT2D eigenvalue weighted by Crippen LogP contribution is 2.37. The normalized spacial score (nSPS) is 10.4. The summed E-state index contributed by atoms with van der Waals surface area (Å²) in [7, 11) is 0. The zero-order valence-corrected chi connectivity index (χ0v) is 12.8. The Morgan fingerprint density at radius 2 is 1.77 bits per heavy atom. The Bertz CT molecular complexity index is 853. The smallest absolute Gasteiger partial charge is 0.265 e. The van der Waals surface area contributed by atoms with Crippen LogP contribution in [-0.4, -0.2) is 30.8 Å². The Morgan fingerprint density at radius 3 is 2.36 bits per heavy atom. The van der Waals surface area contributed by atoms with Crippen molar-refractivity contribution in [2.24, 2.45) is 5.73 Å². The number of aromatic nitrogens is 2. The molecule has 5 N–H and O–H groups in total. The Morgan fingerprint density at radius 1 is 1.14 bits per heavy atom. The van der Waals surface area contributed by atoms with Gasteiger partial charge in [-0.1, -0.05) is 0 Å². The number of fused-ring (bicyclic) bond motifs is 1. The van der Waals surface area contributed by atoms with Crippen molar-refractivity contribution in [3.8, 4) is 22.9 Å². The Balaban J connectivity index is 0.00000176. The number of hydrogen-bond acceptors (Lipinski definition) is 5. The highest BCUT2D eigenvalue weighted by atomic mass is 79.9. The van der Waals surface area contributed by atoms with Crippen LogP contribution in [0, 0.1) is 0 Å². The minimum Gasteiger partial charge on any atom is -0.504 e. The molecule has 8 heteroatoms. The number of halogens is 1. The van der Waals surface area contributed by atoms with Gasteiger partial charge in [-0.2, -0.15) is 0 Å². The molecule has 0 bridgehead atoms. The monoisotopic (exact) mass is 365 g/mol. The molecule has 0 unspecified atom stereocenters. The lowest BCUT2D eigenvalue weighted by molar-refractivity contribution is 0.0994. The summed E-state index contributed by atoms with van der Waals surface area (Å²) in [4.78, 5) is 15.7. The number of nitrogens with zero attached hydrogens (tertiary/aromatic N) is 2. The molecule has 1 aromatic carbocycles. The van der Waals surface area contributed by atoms with Crippen molar-refractivity contribution in [3.05, 3.63) is 42.2 Å². The molecule has 0 saturated carbocycles. The second-order valence-electron chi connectivity index (χ2n) is 4.47. The molecule has 0 radical (unpaired) electrons. The van der Waals surface area contributed by atoms with Crippen molar-refractivity contribution >= 4 is 33.9 Å². The van der Waals surface area contributed by atoms with E-state index >= 15 is 0 Å². The van der Waals surface area contributed by atoms with Gasteiger partial charge >= 0.3 is 0 Å². The van der Waals surface area contributed by atoms with Gasteiger partial charge in [-0.3, -0.25) is 9.78 Å². The zero-order chi connectivity index (χ0) is 15.1. The summed E-state index contributed by atoms with van der Waals surface area (Å²) in [6.07, 6.45) is 1.57. The number of amides is 1. The van der Waals surface area contributed by atoms with Crippen molar-refractivity contribution < 1.29 is 20.1 Å². The summed E-state index contributed by atoms with van der Waals surface area (Å²) in [5.74, 6) is -2.33. The minimum atomic E-state index is -0.681. The van der Waals surface area contributed by atoms with Gasteiger partial charge in [-0.05, 0) is 18.2 Å². The molecular weight excluding hydrogens is 354 g/mol. The van der Waals surface area contributed by atoms with E-state index in [9.17, 15) is 20.1 Å². The molecule has 0 aliphatic rings. The molecule has 0 saturated heterocycles. The summed E-state index contributed by atoms with van der Waals surface area (Å²) in [5.41, 5.74) is 6.90. The number of carbonyl (C=O) groups excluding carboxylic acids is 1. The predicted molar refractivity (Wildman–Crippen MR) is 84.9 cm³/mol. The van der Waals surface area contributed by atoms with Gasteiger partial charge in [0.15, 0.2) is 17.2 Å². The number of hydrogen-bond donors (Lipinski definition) is 4. The Hall–Kier alpha value is -2.74. The molecule has 3 aromatic rings. The predicted octanol–water partition coefficient (Wildman–Crippen LogP) is 1.82. The van der Waals surface area contributed by atoms with Crippen LogP contribution in [0.15, 0.2) is 36.5 Å². The van der Waals surface area contributed by atoms with Gasteiger partial charge in [0.25, 0.3) is 5.91 Å². The minimum absolute atomic E-state index is 0. The first-order valence-corrected chi connectivity index (χ1v) is 6.00. The molecule has 2 heterocycles. The zero-order valence-electron chi connectivity index (χ0n) is 11.1. The molecule has 7 nitrogen and oxygen atoms in total. The lowest BCUT2D eigenvalue weighted by Gasteiger charge is -2.11. The molecule has 0 atom stereocenters. The first-order chi connectivity index (χ1) is 9.99. The maximum Gasteiger partial charge on any atom is 0.265 e. The van der Waals surface area contributed by atoms with Crippen molar-refractivity contribution in [1.29, 1.82) is 0 Å². The summed E-state index contributed by atoms with van der Waals surface area (Å²) in [6, 6.07) is 7.35. The van der Waals surface area contributed by atoms with Gasteiger partial charge in [-0.25, -0.2) is 0 Å². The molecule has 0 fully saturated rings. The third-order valence-corrected chi connectivity index (χ3v) is 3.14. The number of rotatable bonds is 2. The molecule has 114 valence electrons. The van der Waals surface area contributed by atoms with Gasteiger partial charge in [0, 0.05) is 18.3 Å². The molecule has 22 heavy (non-hydrogen) atoms.